The number of aryl methyl sites for hydroxylation is 1. The van der Waals surface area contributed by atoms with Crippen LogP contribution in [0.5, 0.6) is 0 Å². The molecule has 1 aromatic rings. The Bertz CT molecular complexity index is 581. The topological polar surface area (TPSA) is 65.0 Å². The minimum atomic E-state index is -0.385. The number of nitrogens with zero attached hydrogens (tertiary/aromatic N) is 2. The summed E-state index contributed by atoms with van der Waals surface area (Å²) in [4.78, 5) is 16.8. The highest BCUT2D eigenvalue weighted by molar-refractivity contribution is 5.78. The number of rotatable bonds is 5. The second-order valence-corrected chi connectivity index (χ2v) is 7.04. The van der Waals surface area contributed by atoms with Crippen LogP contribution in [0.4, 0.5) is 0 Å². The fourth-order valence-electron chi connectivity index (χ4n) is 3.62. The molecule has 2 saturated heterocycles. The average Bonchev–Trinajstić information content (AvgIpc) is 2.89. The average molecular weight is 347 g/mol. The van der Waals surface area contributed by atoms with Gasteiger partial charge in [0.1, 0.15) is 0 Å². The summed E-state index contributed by atoms with van der Waals surface area (Å²) in [5, 5.41) is 13.0. The van der Waals surface area contributed by atoms with Crippen molar-refractivity contribution in [2.24, 2.45) is 0 Å². The fraction of sp³-hybridized carbons (Fsp3) is 0.632. The van der Waals surface area contributed by atoms with Crippen LogP contribution in [0.2, 0.25) is 0 Å². The number of carbonyl (C=O) groups excluding carboxylic acids is 1. The maximum Gasteiger partial charge on any atom is 0.234 e. The van der Waals surface area contributed by atoms with E-state index in [4.69, 9.17) is 4.74 Å². The lowest BCUT2D eigenvalue weighted by molar-refractivity contribution is -0.122. The van der Waals surface area contributed by atoms with Gasteiger partial charge in [-0.15, -0.1) is 0 Å². The Labute approximate surface area is 149 Å². The standard InChI is InChI=1S/C19H29N3O3/c1-15-5-2-3-6-16(15)11-20-19(24)12-21-7-4-8-22(10-9-21)17-13-25-14-18(17)23/h2-3,5-6,17-18,23H,4,7-14H2,1H3,(H,20,24)/t17-,18-/m1/s1. The molecule has 2 atom stereocenters. The Morgan fingerprint density at radius 1 is 1.24 bits per heavy atom. The van der Waals surface area contributed by atoms with Crippen molar-refractivity contribution in [3.8, 4) is 0 Å². The number of carbonyl (C=O) groups is 1. The Balaban J connectivity index is 1.43. The Morgan fingerprint density at radius 3 is 2.84 bits per heavy atom. The Morgan fingerprint density at radius 2 is 2.08 bits per heavy atom. The fourth-order valence-corrected chi connectivity index (χ4v) is 3.62. The molecule has 0 saturated carbocycles. The summed E-state index contributed by atoms with van der Waals surface area (Å²) in [6.07, 6.45) is 0.623. The van der Waals surface area contributed by atoms with Gasteiger partial charge in [-0.1, -0.05) is 24.3 Å². The van der Waals surface area contributed by atoms with E-state index in [0.29, 0.717) is 26.3 Å². The quantitative estimate of drug-likeness (QED) is 0.806. The summed E-state index contributed by atoms with van der Waals surface area (Å²) in [5.41, 5.74) is 2.36. The highest BCUT2D eigenvalue weighted by Gasteiger charge is 2.32. The highest BCUT2D eigenvalue weighted by atomic mass is 16.5. The zero-order chi connectivity index (χ0) is 17.6. The van der Waals surface area contributed by atoms with Gasteiger partial charge in [0.15, 0.2) is 0 Å². The number of benzene rings is 1. The first-order chi connectivity index (χ1) is 12.1. The highest BCUT2D eigenvalue weighted by Crippen LogP contribution is 2.15. The first-order valence-corrected chi connectivity index (χ1v) is 9.17. The van der Waals surface area contributed by atoms with Crippen molar-refractivity contribution in [1.29, 1.82) is 0 Å². The molecule has 6 nitrogen and oxygen atoms in total. The molecule has 0 radical (unpaired) electrons. The third kappa shape index (κ3) is 5.01. The van der Waals surface area contributed by atoms with Gasteiger partial charge in [0.05, 0.1) is 31.9 Å². The molecule has 6 heteroatoms. The van der Waals surface area contributed by atoms with Crippen LogP contribution in [0.3, 0.4) is 0 Å². The molecule has 2 aliphatic rings. The molecule has 0 bridgehead atoms. The molecule has 1 aromatic carbocycles. The van der Waals surface area contributed by atoms with Gasteiger partial charge in [0.25, 0.3) is 0 Å². The Hall–Kier alpha value is -1.47. The van der Waals surface area contributed by atoms with Crippen molar-refractivity contribution in [2.75, 3.05) is 45.9 Å². The largest absolute Gasteiger partial charge is 0.389 e. The molecule has 1 amide bonds. The zero-order valence-electron chi connectivity index (χ0n) is 15.0. The van der Waals surface area contributed by atoms with Crippen LogP contribution in [0.15, 0.2) is 24.3 Å². The number of amides is 1. The van der Waals surface area contributed by atoms with E-state index in [1.165, 1.54) is 5.56 Å². The van der Waals surface area contributed by atoms with Crippen LogP contribution in [-0.2, 0) is 16.1 Å². The van der Waals surface area contributed by atoms with Crippen LogP contribution in [0.25, 0.3) is 0 Å². The molecule has 25 heavy (non-hydrogen) atoms. The van der Waals surface area contributed by atoms with Crippen molar-refractivity contribution in [1.82, 2.24) is 15.1 Å². The normalized spacial score (nSPS) is 25.7. The maximum atomic E-state index is 12.3. The van der Waals surface area contributed by atoms with E-state index in [1.54, 1.807) is 0 Å². The monoisotopic (exact) mass is 347 g/mol. The summed E-state index contributed by atoms with van der Waals surface area (Å²) in [5.74, 6) is 0.0703. The van der Waals surface area contributed by atoms with Crippen LogP contribution in [-0.4, -0.2) is 78.9 Å². The van der Waals surface area contributed by atoms with Crippen LogP contribution >= 0.6 is 0 Å². The molecular weight excluding hydrogens is 318 g/mol. The van der Waals surface area contributed by atoms with Crippen molar-refractivity contribution < 1.29 is 14.6 Å². The van der Waals surface area contributed by atoms with Gasteiger partial charge in [0, 0.05) is 19.6 Å². The first kappa shape index (κ1) is 18.3. The van der Waals surface area contributed by atoms with Gasteiger partial charge in [0.2, 0.25) is 5.91 Å². The summed E-state index contributed by atoms with van der Waals surface area (Å²) in [7, 11) is 0. The summed E-state index contributed by atoms with van der Waals surface area (Å²) in [6, 6.07) is 8.23. The van der Waals surface area contributed by atoms with E-state index in [9.17, 15) is 9.90 Å². The van der Waals surface area contributed by atoms with Gasteiger partial charge in [-0.2, -0.15) is 0 Å². The molecule has 138 valence electrons. The zero-order valence-corrected chi connectivity index (χ0v) is 15.0. The molecule has 3 rings (SSSR count). The van der Waals surface area contributed by atoms with E-state index in [2.05, 4.69) is 34.2 Å². The summed E-state index contributed by atoms with van der Waals surface area (Å²) in [6.45, 7) is 7.71. The first-order valence-electron chi connectivity index (χ1n) is 9.17. The maximum absolute atomic E-state index is 12.3. The molecule has 2 fully saturated rings. The molecule has 0 aliphatic carbocycles. The van der Waals surface area contributed by atoms with Gasteiger partial charge in [-0.25, -0.2) is 0 Å². The van der Waals surface area contributed by atoms with E-state index in [0.717, 1.165) is 38.2 Å². The van der Waals surface area contributed by atoms with Crippen molar-refractivity contribution in [3.63, 3.8) is 0 Å². The van der Waals surface area contributed by atoms with Crippen LogP contribution in [0.1, 0.15) is 17.5 Å². The molecule has 2 N–H and O–H groups in total. The lowest BCUT2D eigenvalue weighted by Gasteiger charge is -2.28. The lowest BCUT2D eigenvalue weighted by atomic mass is 10.1. The molecule has 0 aromatic heterocycles. The van der Waals surface area contributed by atoms with Gasteiger partial charge in [-0.05, 0) is 37.6 Å². The van der Waals surface area contributed by atoms with Crippen LogP contribution in [0, 0.1) is 6.92 Å². The predicted octanol–water partition coefficient (Wildman–Crippen LogP) is 0.379. The van der Waals surface area contributed by atoms with Gasteiger partial charge < -0.3 is 15.2 Å². The lowest BCUT2D eigenvalue weighted by Crippen LogP contribution is -2.45. The third-order valence-corrected chi connectivity index (χ3v) is 5.22. The number of nitrogens with one attached hydrogen (secondary N) is 1. The van der Waals surface area contributed by atoms with Crippen LogP contribution < -0.4 is 5.32 Å². The third-order valence-electron chi connectivity index (χ3n) is 5.22. The molecule has 0 unspecified atom stereocenters. The van der Waals surface area contributed by atoms with E-state index in [-0.39, 0.29) is 18.1 Å². The molecular formula is C19H29N3O3. The van der Waals surface area contributed by atoms with E-state index >= 15 is 0 Å². The second-order valence-electron chi connectivity index (χ2n) is 7.04. The smallest absolute Gasteiger partial charge is 0.234 e. The second kappa shape index (κ2) is 8.76. The Kier molecular flexibility index (Phi) is 6.42. The van der Waals surface area contributed by atoms with Crippen molar-refractivity contribution >= 4 is 5.91 Å². The number of hydrogen-bond acceptors (Lipinski definition) is 5. The number of hydrogen-bond donors (Lipinski definition) is 2. The van der Waals surface area contributed by atoms with Gasteiger partial charge in [-0.3, -0.25) is 14.6 Å². The number of ether oxygens (including phenoxy) is 1. The summed E-state index contributed by atoms with van der Waals surface area (Å²) < 4.78 is 5.37. The SMILES string of the molecule is Cc1ccccc1CNC(=O)CN1CCCN([C@@H]2COC[C@H]2O)CC1. The minimum Gasteiger partial charge on any atom is -0.389 e. The van der Waals surface area contributed by atoms with E-state index in [1.807, 2.05) is 12.1 Å². The molecule has 0 spiro atoms. The predicted molar refractivity (Wildman–Crippen MR) is 96.3 cm³/mol. The number of aliphatic hydroxyl groups is 1. The molecule has 2 heterocycles. The van der Waals surface area contributed by atoms with Crippen molar-refractivity contribution in [3.05, 3.63) is 35.4 Å². The van der Waals surface area contributed by atoms with Crippen molar-refractivity contribution in [2.45, 2.75) is 32.0 Å². The van der Waals surface area contributed by atoms with Gasteiger partial charge >= 0.3 is 0 Å². The summed E-state index contributed by atoms with van der Waals surface area (Å²) >= 11 is 0. The van der Waals surface area contributed by atoms with E-state index < -0.39 is 0 Å². The minimum absolute atomic E-state index is 0.0703. The number of aliphatic hydroxyl groups excluding tert-OH is 1. The molecule has 2 aliphatic heterocycles.